The van der Waals surface area contributed by atoms with Gasteiger partial charge in [-0.1, -0.05) is 121 Å². The van der Waals surface area contributed by atoms with Crippen LogP contribution in [0.25, 0.3) is 55.0 Å². The summed E-state index contributed by atoms with van der Waals surface area (Å²) in [4.78, 5) is 2.46. The number of dihydropyridines is 1. The molecular formula is C48H35N5. The van der Waals surface area contributed by atoms with E-state index in [0.717, 1.165) is 28.5 Å². The second-order valence-corrected chi connectivity index (χ2v) is 13.9. The molecule has 2 aromatic heterocycles. The van der Waals surface area contributed by atoms with Crippen molar-refractivity contribution >= 4 is 49.3 Å². The molecule has 0 bridgehead atoms. The molecule has 2 atom stereocenters. The molecule has 7 aromatic carbocycles. The van der Waals surface area contributed by atoms with Crippen molar-refractivity contribution < 1.29 is 0 Å². The average molecular weight is 682 g/mol. The molecule has 0 fully saturated rings. The number of benzene rings is 7. The van der Waals surface area contributed by atoms with Crippen molar-refractivity contribution in [2.24, 2.45) is 0 Å². The highest BCUT2D eigenvalue weighted by Gasteiger charge is 2.38. The van der Waals surface area contributed by atoms with Gasteiger partial charge in [0.15, 0.2) is 0 Å². The first-order valence-electron chi connectivity index (χ1n) is 18.3. The zero-order valence-corrected chi connectivity index (χ0v) is 28.9. The summed E-state index contributed by atoms with van der Waals surface area (Å²) in [5.41, 5.74) is 12.8. The molecule has 4 heterocycles. The summed E-state index contributed by atoms with van der Waals surface area (Å²) in [6.45, 7) is 0. The van der Waals surface area contributed by atoms with Crippen LogP contribution in [0.2, 0.25) is 0 Å². The third-order valence-electron chi connectivity index (χ3n) is 11.0. The molecule has 5 nitrogen and oxygen atoms in total. The number of aromatic nitrogens is 2. The van der Waals surface area contributed by atoms with Crippen molar-refractivity contribution in [1.29, 1.82) is 0 Å². The summed E-state index contributed by atoms with van der Waals surface area (Å²) < 4.78 is 4.88. The van der Waals surface area contributed by atoms with E-state index in [9.17, 15) is 0 Å². The zero-order chi connectivity index (χ0) is 34.9. The lowest BCUT2D eigenvalue weighted by atomic mass is 10.0. The summed E-state index contributed by atoms with van der Waals surface area (Å²) >= 11 is 0. The van der Waals surface area contributed by atoms with E-state index in [2.05, 4.69) is 213 Å². The number of rotatable bonds is 5. The highest BCUT2D eigenvalue weighted by molar-refractivity contribution is 6.10. The van der Waals surface area contributed by atoms with Crippen LogP contribution in [0.1, 0.15) is 23.3 Å². The Balaban J connectivity index is 1.19. The zero-order valence-electron chi connectivity index (χ0n) is 28.9. The Morgan fingerprint density at radius 2 is 0.868 bits per heavy atom. The van der Waals surface area contributed by atoms with Gasteiger partial charge in [0.1, 0.15) is 6.17 Å². The molecular weight excluding hydrogens is 647 g/mol. The van der Waals surface area contributed by atoms with E-state index in [-0.39, 0.29) is 12.2 Å². The fourth-order valence-corrected chi connectivity index (χ4v) is 8.72. The third-order valence-corrected chi connectivity index (χ3v) is 11.0. The van der Waals surface area contributed by atoms with Gasteiger partial charge in [0.25, 0.3) is 0 Å². The molecule has 0 saturated carbocycles. The summed E-state index contributed by atoms with van der Waals surface area (Å²) in [5.74, 6) is 0. The molecule has 9 aromatic rings. The van der Waals surface area contributed by atoms with Crippen LogP contribution in [0, 0.1) is 0 Å². The van der Waals surface area contributed by atoms with Crippen LogP contribution < -0.4 is 15.5 Å². The number of fused-ring (bicyclic) bond motifs is 6. The monoisotopic (exact) mass is 681 g/mol. The van der Waals surface area contributed by atoms with E-state index in [1.165, 1.54) is 54.7 Å². The van der Waals surface area contributed by atoms with Crippen LogP contribution in [0.15, 0.2) is 200 Å². The normalized spacial score (nSPS) is 16.8. The SMILES string of the molecule is C1=CC2=C(NC(c3cc(-n4c5ccccc5c5ccccc54)cc(-n4c5ccccc5c5ccccc54)c3)N2c2ccccc2)C(c2ccccc2)N1. The van der Waals surface area contributed by atoms with Crippen LogP contribution >= 0.6 is 0 Å². The van der Waals surface area contributed by atoms with Crippen molar-refractivity contribution in [3.05, 3.63) is 211 Å². The van der Waals surface area contributed by atoms with Gasteiger partial charge < -0.3 is 24.7 Å². The van der Waals surface area contributed by atoms with E-state index in [1.807, 2.05) is 0 Å². The van der Waals surface area contributed by atoms with Gasteiger partial charge in [0.2, 0.25) is 0 Å². The van der Waals surface area contributed by atoms with Gasteiger partial charge in [0, 0.05) is 38.6 Å². The molecule has 53 heavy (non-hydrogen) atoms. The summed E-state index contributed by atoms with van der Waals surface area (Å²) in [5, 5.41) is 12.7. The van der Waals surface area contributed by atoms with Crippen molar-refractivity contribution in [1.82, 2.24) is 19.8 Å². The first-order valence-corrected chi connectivity index (χ1v) is 18.3. The minimum atomic E-state index is -0.182. The van der Waals surface area contributed by atoms with Crippen molar-refractivity contribution in [2.75, 3.05) is 4.90 Å². The molecule has 11 rings (SSSR count). The fraction of sp³-hybridized carbons (Fsp3) is 0.0417. The van der Waals surface area contributed by atoms with E-state index < -0.39 is 0 Å². The Kier molecular flexibility index (Phi) is 6.61. The summed E-state index contributed by atoms with van der Waals surface area (Å²) in [6, 6.07) is 63.7. The Morgan fingerprint density at radius 3 is 1.38 bits per heavy atom. The minimum Gasteiger partial charge on any atom is -0.379 e. The van der Waals surface area contributed by atoms with E-state index in [1.54, 1.807) is 0 Å². The number of nitrogens with zero attached hydrogens (tertiary/aromatic N) is 3. The maximum absolute atomic E-state index is 4.07. The largest absolute Gasteiger partial charge is 0.379 e. The lowest BCUT2D eigenvalue weighted by molar-refractivity contribution is 0.590. The van der Waals surface area contributed by atoms with Crippen LogP contribution in [-0.4, -0.2) is 9.13 Å². The molecule has 0 amide bonds. The van der Waals surface area contributed by atoms with Gasteiger partial charge in [0.05, 0.1) is 39.5 Å². The quantitative estimate of drug-likeness (QED) is 0.190. The van der Waals surface area contributed by atoms with Gasteiger partial charge >= 0.3 is 0 Å². The minimum absolute atomic E-state index is 0.00950. The standard InChI is InChI=1S/C48H35N5/c1-3-15-32(16-4-1)46-47-45(27-28-49-46)53(34-17-5-2-6-18-34)48(50-47)33-29-35(51-41-23-11-7-19-37(41)38-20-8-12-24-42(38)51)31-36(30-33)52-43-25-13-9-21-39(43)40-22-10-14-26-44(40)52/h1-31,46,48-50H. The molecule has 5 heteroatoms. The lowest BCUT2D eigenvalue weighted by Gasteiger charge is -2.29. The number of anilines is 1. The topological polar surface area (TPSA) is 37.2 Å². The van der Waals surface area contributed by atoms with Crippen LogP contribution in [-0.2, 0) is 0 Å². The Hall–Kier alpha value is -6.98. The van der Waals surface area contributed by atoms with Gasteiger partial charge in [-0.15, -0.1) is 0 Å². The van der Waals surface area contributed by atoms with E-state index >= 15 is 0 Å². The maximum atomic E-state index is 4.07. The van der Waals surface area contributed by atoms with Crippen molar-refractivity contribution in [2.45, 2.75) is 12.2 Å². The highest BCUT2D eigenvalue weighted by Crippen LogP contribution is 2.44. The van der Waals surface area contributed by atoms with E-state index in [4.69, 9.17) is 0 Å². The van der Waals surface area contributed by atoms with Crippen molar-refractivity contribution in [3.8, 4) is 11.4 Å². The smallest absolute Gasteiger partial charge is 0.130 e. The van der Waals surface area contributed by atoms with E-state index in [0.29, 0.717) is 0 Å². The Bertz CT molecular complexity index is 2680. The second kappa shape index (κ2) is 11.8. The first-order chi connectivity index (χ1) is 26.3. The second-order valence-electron chi connectivity index (χ2n) is 13.9. The average Bonchev–Trinajstić information content (AvgIpc) is 3.90. The molecule has 2 N–H and O–H groups in total. The van der Waals surface area contributed by atoms with Crippen LogP contribution in [0.5, 0.6) is 0 Å². The predicted octanol–water partition coefficient (Wildman–Crippen LogP) is 11.1. The lowest BCUT2D eigenvalue weighted by Crippen LogP contribution is -2.30. The van der Waals surface area contributed by atoms with Gasteiger partial charge in [-0.2, -0.15) is 0 Å². The Morgan fingerprint density at radius 1 is 0.415 bits per heavy atom. The van der Waals surface area contributed by atoms with Crippen LogP contribution in [0.3, 0.4) is 0 Å². The van der Waals surface area contributed by atoms with Gasteiger partial charge in [-0.3, -0.25) is 0 Å². The molecule has 0 saturated heterocycles. The molecule has 0 aliphatic carbocycles. The number of para-hydroxylation sites is 5. The Labute approximate surface area is 307 Å². The molecule has 2 unspecified atom stereocenters. The molecule has 0 spiro atoms. The highest BCUT2D eigenvalue weighted by atomic mass is 15.3. The number of hydrogen-bond acceptors (Lipinski definition) is 3. The maximum Gasteiger partial charge on any atom is 0.130 e. The third kappa shape index (κ3) is 4.57. The summed E-state index contributed by atoms with van der Waals surface area (Å²) in [7, 11) is 0. The molecule has 0 radical (unpaired) electrons. The predicted molar refractivity (Wildman–Crippen MR) is 218 cm³/mol. The number of allylic oxidation sites excluding steroid dienone is 1. The molecule has 2 aliphatic rings. The van der Waals surface area contributed by atoms with Crippen molar-refractivity contribution in [3.63, 3.8) is 0 Å². The molecule has 252 valence electrons. The fourth-order valence-electron chi connectivity index (χ4n) is 8.72. The number of nitrogens with one attached hydrogen (secondary N) is 2. The molecule has 2 aliphatic heterocycles. The summed E-state index contributed by atoms with van der Waals surface area (Å²) in [6.07, 6.45) is 4.12. The first kappa shape index (κ1) is 29.7. The van der Waals surface area contributed by atoms with Gasteiger partial charge in [-0.25, -0.2) is 0 Å². The van der Waals surface area contributed by atoms with Gasteiger partial charge in [-0.05, 0) is 78.0 Å². The van der Waals surface area contributed by atoms with Crippen LogP contribution in [0.4, 0.5) is 5.69 Å². The number of hydrogen-bond donors (Lipinski definition) is 2.